The summed E-state index contributed by atoms with van der Waals surface area (Å²) in [6.07, 6.45) is 2.58. The van der Waals surface area contributed by atoms with Crippen LogP contribution < -0.4 is 11.1 Å². The Bertz CT molecular complexity index is 1290. The molecule has 39 heavy (non-hydrogen) atoms. The van der Waals surface area contributed by atoms with Gasteiger partial charge in [-0.15, -0.1) is 0 Å². The van der Waals surface area contributed by atoms with E-state index in [1.54, 1.807) is 19.0 Å². The molecule has 1 saturated carbocycles. The molecule has 2 fully saturated rings. The number of carbonyl (C=O) groups is 3. The van der Waals surface area contributed by atoms with E-state index in [2.05, 4.69) is 24.1 Å². The third kappa shape index (κ3) is 4.39. The quantitative estimate of drug-likeness (QED) is 0.215. The molecule has 210 valence electrons. The molecule has 1 heterocycles. The number of phenols is 1. The normalized spacial score (nSPS) is 28.1. The van der Waals surface area contributed by atoms with Crippen LogP contribution in [0, 0.1) is 17.8 Å². The Hall–Kier alpha value is -3.37. The fraction of sp³-hybridized carbons (Fsp3) is 0.552. The number of primary amides is 1. The number of nitrogens with zero attached hydrogens (tertiary/aromatic N) is 2. The highest BCUT2D eigenvalue weighted by Gasteiger charge is 2.55. The van der Waals surface area contributed by atoms with Gasteiger partial charge in [0.25, 0.3) is 5.91 Å². The lowest BCUT2D eigenvalue weighted by Crippen LogP contribution is -2.55. The standard InChI is InChI=1S/C29H38N4O6/c1-13(2)33-9-7-16(8-10-33)31-18-6-5-14-11-15-12-17-21(26(36)20(15)25(35)19(14)24(18)34)27(37)22(29(30)39)28(38)23(17)32(3)4/h5-6,13,15-17,21,23,31,34-35,38H,7-12H2,1-4H3,(H2,30,39)/t15?,17?,21?,23-/m0/s1. The summed E-state index contributed by atoms with van der Waals surface area (Å²) in [4.78, 5) is 43.3. The molecule has 1 aromatic carbocycles. The van der Waals surface area contributed by atoms with Crippen molar-refractivity contribution in [2.75, 3.05) is 32.5 Å². The van der Waals surface area contributed by atoms with Gasteiger partial charge in [-0.2, -0.15) is 0 Å². The Kier molecular flexibility index (Phi) is 6.97. The van der Waals surface area contributed by atoms with Crippen molar-refractivity contribution in [2.45, 2.75) is 57.7 Å². The smallest absolute Gasteiger partial charge is 0.255 e. The lowest BCUT2D eigenvalue weighted by molar-refractivity contribution is -0.136. The molecule has 4 atom stereocenters. The molecule has 4 aliphatic rings. The number of likely N-dealkylation sites (N-methyl/N-ethyl adjacent to an activating group) is 1. The highest BCUT2D eigenvalue weighted by Crippen LogP contribution is 2.51. The zero-order chi connectivity index (χ0) is 28.3. The average molecular weight is 539 g/mol. The third-order valence-corrected chi connectivity index (χ3v) is 9.06. The molecular weight excluding hydrogens is 500 g/mol. The topological polar surface area (TPSA) is 156 Å². The van der Waals surface area contributed by atoms with Crippen LogP contribution in [0.25, 0.3) is 5.76 Å². The fourth-order valence-corrected chi connectivity index (χ4v) is 7.14. The number of carbonyl (C=O) groups excluding carboxylic acids is 3. The van der Waals surface area contributed by atoms with E-state index in [9.17, 15) is 29.7 Å². The molecule has 1 aromatic rings. The predicted octanol–water partition coefficient (Wildman–Crippen LogP) is 2.13. The van der Waals surface area contributed by atoms with Gasteiger partial charge in [0.15, 0.2) is 11.6 Å². The van der Waals surface area contributed by atoms with Gasteiger partial charge < -0.3 is 31.3 Å². The van der Waals surface area contributed by atoms with E-state index >= 15 is 0 Å². The maximum Gasteiger partial charge on any atom is 0.255 e. The summed E-state index contributed by atoms with van der Waals surface area (Å²) < 4.78 is 0. The van der Waals surface area contributed by atoms with Crippen LogP contribution in [-0.4, -0.2) is 87.9 Å². The first-order valence-corrected chi connectivity index (χ1v) is 13.7. The van der Waals surface area contributed by atoms with Gasteiger partial charge in [-0.3, -0.25) is 19.3 Å². The molecule has 10 nitrogen and oxygen atoms in total. The van der Waals surface area contributed by atoms with Gasteiger partial charge in [-0.1, -0.05) is 6.07 Å². The summed E-state index contributed by atoms with van der Waals surface area (Å²) in [5.41, 5.74) is 6.38. The molecule has 0 bridgehead atoms. The number of piperidine rings is 1. The first kappa shape index (κ1) is 27.2. The number of aromatic hydroxyl groups is 1. The Morgan fingerprint density at radius 2 is 1.77 bits per heavy atom. The number of fused-ring (bicyclic) bond motifs is 3. The van der Waals surface area contributed by atoms with E-state index in [4.69, 9.17) is 5.73 Å². The maximum absolute atomic E-state index is 13.9. The highest BCUT2D eigenvalue weighted by molar-refractivity contribution is 6.28. The van der Waals surface area contributed by atoms with Gasteiger partial charge in [0.2, 0.25) is 0 Å². The van der Waals surface area contributed by atoms with E-state index in [1.165, 1.54) is 0 Å². The van der Waals surface area contributed by atoms with Gasteiger partial charge in [0.05, 0.1) is 23.2 Å². The summed E-state index contributed by atoms with van der Waals surface area (Å²) in [7, 11) is 3.41. The number of hydrogen-bond donors (Lipinski definition) is 5. The van der Waals surface area contributed by atoms with Crippen molar-refractivity contribution in [3.05, 3.63) is 40.2 Å². The van der Waals surface area contributed by atoms with Crippen LogP contribution in [0.5, 0.6) is 5.75 Å². The largest absolute Gasteiger partial charge is 0.510 e. The number of Topliss-reactive ketones (excluding diaryl/α,β-unsaturated/α-hetero) is 2. The van der Waals surface area contributed by atoms with Crippen molar-refractivity contribution in [3.63, 3.8) is 0 Å². The van der Waals surface area contributed by atoms with Crippen LogP contribution in [0.3, 0.4) is 0 Å². The Labute approximate surface area is 228 Å². The van der Waals surface area contributed by atoms with E-state index in [0.717, 1.165) is 25.9 Å². The zero-order valence-corrected chi connectivity index (χ0v) is 22.9. The summed E-state index contributed by atoms with van der Waals surface area (Å²) >= 11 is 0. The number of ketones is 2. The van der Waals surface area contributed by atoms with Crippen LogP contribution in [0.1, 0.15) is 44.2 Å². The average Bonchev–Trinajstić information content (AvgIpc) is 2.85. The molecule has 0 aromatic heterocycles. The number of benzene rings is 1. The van der Waals surface area contributed by atoms with Crippen LogP contribution in [0.15, 0.2) is 29.0 Å². The minimum Gasteiger partial charge on any atom is -0.510 e. The second-order valence-electron chi connectivity index (χ2n) is 11.8. The van der Waals surface area contributed by atoms with Crippen LogP contribution in [0.2, 0.25) is 0 Å². The number of likely N-dealkylation sites (tertiary alicyclic amines) is 1. The lowest BCUT2D eigenvalue weighted by atomic mass is 9.59. The first-order valence-electron chi connectivity index (χ1n) is 13.7. The highest BCUT2D eigenvalue weighted by atomic mass is 16.3. The summed E-state index contributed by atoms with van der Waals surface area (Å²) in [6, 6.07) is 3.58. The van der Waals surface area contributed by atoms with Crippen molar-refractivity contribution in [2.24, 2.45) is 23.5 Å². The minimum absolute atomic E-state index is 0.0949. The number of nitrogens with one attached hydrogen (secondary N) is 1. The molecule has 5 rings (SSSR count). The van der Waals surface area contributed by atoms with Crippen LogP contribution in [-0.2, 0) is 20.8 Å². The van der Waals surface area contributed by atoms with Gasteiger partial charge in [-0.05, 0) is 77.1 Å². The second-order valence-corrected chi connectivity index (χ2v) is 11.8. The van der Waals surface area contributed by atoms with Crippen LogP contribution >= 0.6 is 0 Å². The SMILES string of the molecule is CC(C)N1CCC(Nc2ccc3c(c2O)C(O)=C2C(=O)C4C(=O)C(C(N)=O)=C(O)[C@@H](N(C)C)C4CC2C3)CC1. The van der Waals surface area contributed by atoms with Crippen LogP contribution in [0.4, 0.5) is 5.69 Å². The fourth-order valence-electron chi connectivity index (χ4n) is 7.14. The number of phenolic OH excluding ortho intramolecular Hbond substituents is 1. The molecule has 0 spiro atoms. The van der Waals surface area contributed by atoms with Crippen molar-refractivity contribution in [3.8, 4) is 5.75 Å². The molecule has 3 unspecified atom stereocenters. The zero-order valence-electron chi connectivity index (χ0n) is 22.9. The van der Waals surface area contributed by atoms with Gasteiger partial charge in [-0.25, -0.2) is 0 Å². The predicted molar refractivity (Wildman–Crippen MR) is 146 cm³/mol. The molecule has 1 aliphatic heterocycles. The molecule has 1 amide bonds. The number of allylic oxidation sites excluding steroid dienone is 1. The Morgan fingerprint density at radius 1 is 1.10 bits per heavy atom. The lowest BCUT2D eigenvalue weighted by Gasteiger charge is -2.46. The number of hydrogen-bond acceptors (Lipinski definition) is 9. The molecule has 10 heteroatoms. The van der Waals surface area contributed by atoms with E-state index in [0.29, 0.717) is 30.1 Å². The minimum atomic E-state index is -1.25. The van der Waals surface area contributed by atoms with E-state index in [1.807, 2.05) is 12.1 Å². The van der Waals surface area contributed by atoms with Gasteiger partial charge in [0.1, 0.15) is 22.8 Å². The monoisotopic (exact) mass is 538 g/mol. The first-order chi connectivity index (χ1) is 18.4. The maximum atomic E-state index is 13.9. The number of aliphatic hydroxyl groups excluding tert-OH is 2. The number of aliphatic hydroxyl groups is 2. The third-order valence-electron chi connectivity index (χ3n) is 9.06. The molecular formula is C29H38N4O6. The van der Waals surface area contributed by atoms with Crippen molar-refractivity contribution >= 4 is 28.9 Å². The Balaban J connectivity index is 1.49. The van der Waals surface area contributed by atoms with Crippen molar-refractivity contribution < 1.29 is 29.7 Å². The number of anilines is 1. The van der Waals surface area contributed by atoms with Crippen molar-refractivity contribution in [1.29, 1.82) is 0 Å². The Morgan fingerprint density at radius 3 is 2.36 bits per heavy atom. The van der Waals surface area contributed by atoms with E-state index in [-0.39, 0.29) is 28.7 Å². The molecule has 0 radical (unpaired) electrons. The number of rotatable bonds is 5. The molecule has 1 saturated heterocycles. The van der Waals surface area contributed by atoms with E-state index < -0.39 is 52.6 Å². The second kappa shape index (κ2) is 9.98. The molecule has 3 aliphatic carbocycles. The number of nitrogens with two attached hydrogens (primary N) is 1. The van der Waals surface area contributed by atoms with Gasteiger partial charge in [0, 0.05) is 30.7 Å². The summed E-state index contributed by atoms with van der Waals surface area (Å²) in [6.45, 7) is 6.26. The number of amides is 1. The summed E-state index contributed by atoms with van der Waals surface area (Å²) in [5, 5.41) is 36.9. The molecule has 6 N–H and O–H groups in total. The summed E-state index contributed by atoms with van der Waals surface area (Å²) in [5.74, 6) is -5.57. The van der Waals surface area contributed by atoms with Crippen molar-refractivity contribution in [1.82, 2.24) is 9.80 Å². The van der Waals surface area contributed by atoms with Gasteiger partial charge >= 0.3 is 0 Å².